The zero-order chi connectivity index (χ0) is 14.9. The Hall–Kier alpha value is -1.80. The first-order valence-corrected chi connectivity index (χ1v) is 7.46. The highest BCUT2D eigenvalue weighted by Gasteiger charge is 2.34. The molecule has 0 atom stereocenters. The number of likely N-dealkylation sites (tertiary alicyclic amines) is 1. The van der Waals surface area contributed by atoms with Gasteiger partial charge in [-0.05, 0) is 18.9 Å². The number of nitrogens with zero attached hydrogens (tertiary/aromatic N) is 3. The smallest absolute Gasteiger partial charge is 0.323 e. The highest BCUT2D eigenvalue weighted by molar-refractivity contribution is 7.22. The lowest BCUT2D eigenvalue weighted by molar-refractivity contribution is -0.0293. The monoisotopic (exact) mass is 310 g/mol. The van der Waals surface area contributed by atoms with Gasteiger partial charge in [0, 0.05) is 19.3 Å². The van der Waals surface area contributed by atoms with Crippen LogP contribution in [-0.2, 0) is 0 Å². The van der Waals surface area contributed by atoms with E-state index < -0.39 is 12.3 Å². The van der Waals surface area contributed by atoms with E-state index in [0.29, 0.717) is 18.2 Å². The number of thiazole rings is 1. The summed E-state index contributed by atoms with van der Waals surface area (Å²) in [4.78, 5) is 22.0. The second-order valence-electron chi connectivity index (χ2n) is 5.14. The Morgan fingerprint density at radius 3 is 2.95 bits per heavy atom. The maximum Gasteiger partial charge on any atom is 0.323 e. The van der Waals surface area contributed by atoms with Gasteiger partial charge in [0.15, 0.2) is 5.13 Å². The molecule has 0 aliphatic carbocycles. The van der Waals surface area contributed by atoms with E-state index in [9.17, 15) is 14.3 Å². The predicted octanol–water partition coefficient (Wildman–Crippen LogP) is 2.02. The number of amides is 2. The molecule has 0 bridgehead atoms. The van der Waals surface area contributed by atoms with Crippen LogP contribution in [-0.4, -0.2) is 51.4 Å². The average Bonchev–Trinajstić information content (AvgIpc) is 2.90. The number of anilines is 1. The lowest BCUT2D eigenvalue weighted by atomic mass is 9.93. The van der Waals surface area contributed by atoms with Crippen LogP contribution in [0.15, 0.2) is 18.5 Å². The molecular weight excluding hydrogens is 295 g/mol. The molecule has 3 rings (SSSR count). The van der Waals surface area contributed by atoms with Crippen molar-refractivity contribution in [1.82, 2.24) is 14.9 Å². The Morgan fingerprint density at radius 2 is 2.29 bits per heavy atom. The fourth-order valence-electron chi connectivity index (χ4n) is 2.26. The Bertz CT molecular complexity index is 621. The number of pyridine rings is 1. The van der Waals surface area contributed by atoms with Gasteiger partial charge in [-0.25, -0.2) is 14.2 Å². The van der Waals surface area contributed by atoms with E-state index in [-0.39, 0.29) is 18.9 Å². The number of rotatable bonds is 2. The molecule has 112 valence electrons. The molecule has 1 fully saturated rings. The van der Waals surface area contributed by atoms with Crippen LogP contribution in [0.1, 0.15) is 12.8 Å². The quantitative estimate of drug-likeness (QED) is 0.889. The maximum absolute atomic E-state index is 12.7. The number of hydrogen-bond acceptors (Lipinski definition) is 5. The first kappa shape index (κ1) is 14.2. The number of alkyl halides is 1. The van der Waals surface area contributed by atoms with Gasteiger partial charge in [-0.15, -0.1) is 0 Å². The number of hydrogen-bond donors (Lipinski definition) is 2. The highest BCUT2D eigenvalue weighted by Crippen LogP contribution is 2.26. The summed E-state index contributed by atoms with van der Waals surface area (Å²) in [7, 11) is 0. The van der Waals surface area contributed by atoms with E-state index in [1.165, 1.54) is 11.3 Å². The second-order valence-corrected chi connectivity index (χ2v) is 6.17. The van der Waals surface area contributed by atoms with Crippen LogP contribution in [0.2, 0.25) is 0 Å². The lowest BCUT2D eigenvalue weighted by Gasteiger charge is -2.36. The van der Waals surface area contributed by atoms with Gasteiger partial charge in [0.05, 0.1) is 16.5 Å². The summed E-state index contributed by atoms with van der Waals surface area (Å²) in [6.07, 6.45) is 3.82. The Labute approximate surface area is 124 Å². The molecule has 21 heavy (non-hydrogen) atoms. The SMILES string of the molecule is O=C(Nc1nc2cnccc2s1)N1CCC(O)(CF)CC1. The van der Waals surface area contributed by atoms with Gasteiger partial charge in [-0.1, -0.05) is 11.3 Å². The van der Waals surface area contributed by atoms with Gasteiger partial charge in [0.25, 0.3) is 0 Å². The number of urea groups is 1. The lowest BCUT2D eigenvalue weighted by Crippen LogP contribution is -2.49. The standard InChI is InChI=1S/C13H15FN4O2S/c14-8-13(20)2-5-18(6-3-13)12(19)17-11-16-9-7-15-4-1-10(9)21-11/h1,4,7,20H,2-3,5-6,8H2,(H,16,17,19). The summed E-state index contributed by atoms with van der Waals surface area (Å²) in [6, 6.07) is 1.56. The van der Waals surface area contributed by atoms with Crippen molar-refractivity contribution < 1.29 is 14.3 Å². The maximum atomic E-state index is 12.7. The fourth-order valence-corrected chi connectivity index (χ4v) is 3.09. The number of fused-ring (bicyclic) bond motifs is 1. The Balaban J connectivity index is 1.64. The molecular formula is C13H15FN4O2S. The molecule has 1 aliphatic rings. The van der Waals surface area contributed by atoms with Gasteiger partial charge in [-0.3, -0.25) is 10.3 Å². The van der Waals surface area contributed by atoms with E-state index in [1.54, 1.807) is 17.3 Å². The van der Waals surface area contributed by atoms with Crippen molar-refractivity contribution in [3.05, 3.63) is 18.5 Å². The van der Waals surface area contributed by atoms with E-state index >= 15 is 0 Å². The van der Waals surface area contributed by atoms with Crippen LogP contribution < -0.4 is 5.32 Å². The second kappa shape index (κ2) is 5.53. The van der Waals surface area contributed by atoms with Crippen molar-refractivity contribution in [3.8, 4) is 0 Å². The van der Waals surface area contributed by atoms with Gasteiger partial charge < -0.3 is 10.0 Å². The number of carbonyl (C=O) groups is 1. The van der Waals surface area contributed by atoms with E-state index in [2.05, 4.69) is 15.3 Å². The normalized spacial score (nSPS) is 17.9. The van der Waals surface area contributed by atoms with E-state index in [0.717, 1.165) is 10.2 Å². The summed E-state index contributed by atoms with van der Waals surface area (Å²) in [5.41, 5.74) is -0.540. The van der Waals surface area contributed by atoms with Crippen molar-refractivity contribution in [3.63, 3.8) is 0 Å². The molecule has 0 unspecified atom stereocenters. The zero-order valence-electron chi connectivity index (χ0n) is 11.3. The molecule has 0 radical (unpaired) electrons. The number of aliphatic hydroxyl groups is 1. The third-order valence-electron chi connectivity index (χ3n) is 3.63. The first-order chi connectivity index (χ1) is 10.1. The minimum Gasteiger partial charge on any atom is -0.387 e. The topological polar surface area (TPSA) is 78.4 Å². The zero-order valence-corrected chi connectivity index (χ0v) is 12.1. The molecule has 1 aliphatic heterocycles. The third-order valence-corrected chi connectivity index (χ3v) is 4.59. The van der Waals surface area contributed by atoms with Crippen molar-refractivity contribution in [2.75, 3.05) is 25.1 Å². The number of carbonyl (C=O) groups excluding carboxylic acids is 1. The summed E-state index contributed by atoms with van der Waals surface area (Å²) in [5.74, 6) is 0. The molecule has 2 N–H and O–H groups in total. The molecule has 1 saturated heterocycles. The summed E-state index contributed by atoms with van der Waals surface area (Å²) >= 11 is 1.37. The molecule has 0 saturated carbocycles. The van der Waals surface area contributed by atoms with E-state index in [4.69, 9.17) is 0 Å². The van der Waals surface area contributed by atoms with Crippen molar-refractivity contribution >= 4 is 32.7 Å². The van der Waals surface area contributed by atoms with Gasteiger partial charge in [0.1, 0.15) is 12.2 Å². The largest absolute Gasteiger partial charge is 0.387 e. The number of piperidine rings is 1. The molecule has 3 heterocycles. The molecule has 2 aromatic rings. The van der Waals surface area contributed by atoms with Crippen molar-refractivity contribution in [2.24, 2.45) is 0 Å². The molecule has 0 aromatic carbocycles. The molecule has 0 spiro atoms. The molecule has 2 aromatic heterocycles. The Kier molecular flexibility index (Phi) is 3.73. The van der Waals surface area contributed by atoms with Crippen molar-refractivity contribution in [1.29, 1.82) is 0 Å². The fraction of sp³-hybridized carbons (Fsp3) is 0.462. The summed E-state index contributed by atoms with van der Waals surface area (Å²) < 4.78 is 13.6. The van der Waals surface area contributed by atoms with E-state index in [1.807, 2.05) is 6.07 Å². The number of halogens is 1. The van der Waals surface area contributed by atoms with Crippen LogP contribution >= 0.6 is 11.3 Å². The minimum absolute atomic E-state index is 0.251. The molecule has 6 nitrogen and oxygen atoms in total. The minimum atomic E-state index is -1.28. The third kappa shape index (κ3) is 2.96. The van der Waals surface area contributed by atoms with Gasteiger partial charge >= 0.3 is 6.03 Å². The number of aromatic nitrogens is 2. The van der Waals surface area contributed by atoms with Crippen LogP contribution in [0.4, 0.5) is 14.3 Å². The van der Waals surface area contributed by atoms with Gasteiger partial charge in [-0.2, -0.15) is 0 Å². The average molecular weight is 310 g/mol. The van der Waals surface area contributed by atoms with Crippen LogP contribution in [0.3, 0.4) is 0 Å². The van der Waals surface area contributed by atoms with Crippen LogP contribution in [0.25, 0.3) is 10.2 Å². The molecule has 2 amide bonds. The van der Waals surface area contributed by atoms with Gasteiger partial charge in [0.2, 0.25) is 0 Å². The Morgan fingerprint density at radius 1 is 1.52 bits per heavy atom. The summed E-state index contributed by atoms with van der Waals surface area (Å²) in [6.45, 7) is -0.106. The van der Waals surface area contributed by atoms with Crippen molar-refractivity contribution in [2.45, 2.75) is 18.4 Å². The molecule has 8 heteroatoms. The first-order valence-electron chi connectivity index (χ1n) is 6.64. The summed E-state index contributed by atoms with van der Waals surface area (Å²) in [5, 5.41) is 13.1. The van der Waals surface area contributed by atoms with Crippen LogP contribution in [0, 0.1) is 0 Å². The number of nitrogens with one attached hydrogen (secondary N) is 1. The van der Waals surface area contributed by atoms with Crippen LogP contribution in [0.5, 0.6) is 0 Å². The predicted molar refractivity (Wildman–Crippen MR) is 78.2 cm³/mol. The highest BCUT2D eigenvalue weighted by atomic mass is 32.1.